The van der Waals surface area contributed by atoms with Gasteiger partial charge in [-0.15, -0.1) is 0 Å². The first-order chi connectivity index (χ1) is 11.0. The molecule has 0 spiro atoms. The summed E-state index contributed by atoms with van der Waals surface area (Å²) in [7, 11) is 1.90. The summed E-state index contributed by atoms with van der Waals surface area (Å²) in [5, 5.41) is 0. The fourth-order valence-corrected chi connectivity index (χ4v) is 3.48. The molecular formula is C16H24N4O3. The first kappa shape index (κ1) is 16.0. The van der Waals surface area contributed by atoms with Crippen LogP contribution >= 0.6 is 0 Å². The van der Waals surface area contributed by atoms with E-state index < -0.39 is 5.54 Å². The lowest BCUT2D eigenvalue weighted by Crippen LogP contribution is -2.63. The second-order valence-corrected chi connectivity index (χ2v) is 6.40. The van der Waals surface area contributed by atoms with E-state index in [2.05, 4.69) is 4.90 Å². The Morgan fingerprint density at radius 3 is 2.39 bits per heavy atom. The molecule has 1 unspecified atom stereocenters. The average molecular weight is 320 g/mol. The lowest BCUT2D eigenvalue weighted by atomic mass is 9.94. The Bertz CT molecular complexity index is 611. The van der Waals surface area contributed by atoms with Gasteiger partial charge in [0.1, 0.15) is 11.2 Å². The van der Waals surface area contributed by atoms with Crippen LogP contribution < -0.4 is 5.73 Å². The number of ether oxygens (including phenoxy) is 1. The zero-order valence-electron chi connectivity index (χ0n) is 13.7. The van der Waals surface area contributed by atoms with E-state index in [9.17, 15) is 9.59 Å². The maximum Gasteiger partial charge on any atom is 0.270 e. The molecule has 23 heavy (non-hydrogen) atoms. The van der Waals surface area contributed by atoms with Crippen molar-refractivity contribution in [2.24, 2.45) is 12.8 Å². The summed E-state index contributed by atoms with van der Waals surface area (Å²) < 4.78 is 7.32. The molecule has 1 atom stereocenters. The lowest BCUT2D eigenvalue weighted by molar-refractivity contribution is -0.131. The summed E-state index contributed by atoms with van der Waals surface area (Å²) in [6.45, 7) is 5.36. The third-order valence-corrected chi connectivity index (χ3v) is 5.22. The van der Waals surface area contributed by atoms with E-state index in [1.165, 1.54) is 0 Å². The number of piperazine rings is 1. The van der Waals surface area contributed by atoms with Crippen molar-refractivity contribution in [3.05, 3.63) is 23.5 Å². The fourth-order valence-electron chi connectivity index (χ4n) is 3.48. The Morgan fingerprint density at radius 1 is 1.22 bits per heavy atom. The average Bonchev–Trinajstić information content (AvgIpc) is 3.16. The van der Waals surface area contributed by atoms with Crippen molar-refractivity contribution in [3.63, 3.8) is 0 Å². The van der Waals surface area contributed by atoms with Gasteiger partial charge in [-0.2, -0.15) is 0 Å². The SMILES string of the molecule is Cc1ccc(C(=O)N2CCN(C3(C(N)=O)CCOC3)CC2)n1C. The van der Waals surface area contributed by atoms with Crippen LogP contribution in [0.4, 0.5) is 0 Å². The van der Waals surface area contributed by atoms with Gasteiger partial charge in [0.25, 0.3) is 5.91 Å². The van der Waals surface area contributed by atoms with Crippen LogP contribution in [0.25, 0.3) is 0 Å². The normalized spacial score (nSPS) is 25.7. The quantitative estimate of drug-likeness (QED) is 0.832. The number of amides is 2. The van der Waals surface area contributed by atoms with Crippen LogP contribution in [-0.4, -0.2) is 71.1 Å². The Kier molecular flexibility index (Phi) is 4.16. The van der Waals surface area contributed by atoms with Gasteiger partial charge in [0.2, 0.25) is 5.91 Å². The third-order valence-electron chi connectivity index (χ3n) is 5.22. The largest absolute Gasteiger partial charge is 0.379 e. The number of carbonyl (C=O) groups excluding carboxylic acids is 2. The number of hydrogen-bond donors (Lipinski definition) is 1. The van der Waals surface area contributed by atoms with Crippen LogP contribution in [0, 0.1) is 6.92 Å². The first-order valence-corrected chi connectivity index (χ1v) is 8.00. The van der Waals surface area contributed by atoms with Crippen LogP contribution in [0.15, 0.2) is 12.1 Å². The van der Waals surface area contributed by atoms with Gasteiger partial charge in [-0.1, -0.05) is 0 Å². The van der Waals surface area contributed by atoms with Gasteiger partial charge < -0.3 is 19.9 Å². The zero-order chi connectivity index (χ0) is 16.6. The highest BCUT2D eigenvalue weighted by atomic mass is 16.5. The number of hydrogen-bond acceptors (Lipinski definition) is 4. The molecule has 2 amide bonds. The Morgan fingerprint density at radius 2 is 1.91 bits per heavy atom. The van der Waals surface area contributed by atoms with E-state index in [0.29, 0.717) is 51.5 Å². The van der Waals surface area contributed by atoms with Crippen LogP contribution in [0.2, 0.25) is 0 Å². The van der Waals surface area contributed by atoms with E-state index in [4.69, 9.17) is 10.5 Å². The molecule has 7 nitrogen and oxygen atoms in total. The first-order valence-electron chi connectivity index (χ1n) is 8.00. The summed E-state index contributed by atoms with van der Waals surface area (Å²) in [5.41, 5.74) is 6.69. The molecule has 0 aromatic carbocycles. The molecule has 1 aromatic heterocycles. The minimum absolute atomic E-state index is 0.0380. The maximum absolute atomic E-state index is 12.6. The maximum atomic E-state index is 12.6. The summed E-state index contributed by atoms with van der Waals surface area (Å²) in [5.74, 6) is -0.288. The molecular weight excluding hydrogens is 296 g/mol. The second-order valence-electron chi connectivity index (χ2n) is 6.40. The Labute approximate surface area is 136 Å². The molecule has 3 rings (SSSR count). The van der Waals surface area contributed by atoms with Crippen molar-refractivity contribution in [2.75, 3.05) is 39.4 Å². The lowest BCUT2D eigenvalue weighted by Gasteiger charge is -2.43. The molecule has 7 heteroatoms. The monoisotopic (exact) mass is 320 g/mol. The number of aromatic nitrogens is 1. The number of aryl methyl sites for hydroxylation is 1. The van der Waals surface area contributed by atoms with Crippen LogP contribution in [0.1, 0.15) is 22.6 Å². The van der Waals surface area contributed by atoms with Gasteiger partial charge >= 0.3 is 0 Å². The van der Waals surface area contributed by atoms with Crippen LogP contribution in [0.3, 0.4) is 0 Å². The van der Waals surface area contributed by atoms with Crippen LogP contribution in [-0.2, 0) is 16.6 Å². The molecule has 1 aromatic rings. The molecule has 2 aliphatic rings. The zero-order valence-corrected chi connectivity index (χ0v) is 13.7. The van der Waals surface area contributed by atoms with Gasteiger partial charge in [-0.25, -0.2) is 0 Å². The highest BCUT2D eigenvalue weighted by Crippen LogP contribution is 2.27. The number of nitrogens with two attached hydrogens (primary N) is 1. The van der Waals surface area contributed by atoms with E-state index >= 15 is 0 Å². The summed E-state index contributed by atoms with van der Waals surface area (Å²) in [6.07, 6.45) is 0.632. The van der Waals surface area contributed by atoms with Gasteiger partial charge in [-0.3, -0.25) is 14.5 Å². The molecule has 0 radical (unpaired) electrons. The minimum Gasteiger partial charge on any atom is -0.379 e. The summed E-state index contributed by atoms with van der Waals surface area (Å²) in [6, 6.07) is 3.81. The number of primary amides is 1. The molecule has 2 N–H and O–H groups in total. The highest BCUT2D eigenvalue weighted by molar-refractivity contribution is 5.93. The van der Waals surface area contributed by atoms with Gasteiger partial charge in [0, 0.05) is 51.9 Å². The van der Waals surface area contributed by atoms with E-state index in [0.717, 1.165) is 5.69 Å². The molecule has 0 aliphatic carbocycles. The van der Waals surface area contributed by atoms with Crippen molar-refractivity contribution < 1.29 is 14.3 Å². The van der Waals surface area contributed by atoms with Crippen molar-refractivity contribution >= 4 is 11.8 Å². The van der Waals surface area contributed by atoms with E-state index in [1.54, 1.807) is 0 Å². The van der Waals surface area contributed by atoms with Gasteiger partial charge in [0.15, 0.2) is 0 Å². The third kappa shape index (κ3) is 2.64. The molecule has 2 aliphatic heterocycles. The van der Waals surface area contributed by atoms with Crippen molar-refractivity contribution in [1.29, 1.82) is 0 Å². The topological polar surface area (TPSA) is 80.8 Å². The van der Waals surface area contributed by atoms with Crippen molar-refractivity contribution in [3.8, 4) is 0 Å². The predicted octanol–water partition coefficient (Wildman–Crippen LogP) is -0.264. The molecule has 2 fully saturated rings. The van der Waals surface area contributed by atoms with Gasteiger partial charge in [0.05, 0.1) is 6.61 Å². The standard InChI is InChI=1S/C16H24N4O3/c1-12-3-4-13(18(12)2)14(21)19-6-8-20(9-7-19)16(15(17)22)5-10-23-11-16/h3-4H,5-11H2,1-2H3,(H2,17,22). The Hall–Kier alpha value is -1.86. The van der Waals surface area contributed by atoms with Crippen molar-refractivity contribution in [1.82, 2.24) is 14.4 Å². The summed E-state index contributed by atoms with van der Waals surface area (Å²) >= 11 is 0. The molecule has 126 valence electrons. The van der Waals surface area contributed by atoms with Crippen molar-refractivity contribution in [2.45, 2.75) is 18.9 Å². The molecule has 2 saturated heterocycles. The van der Waals surface area contributed by atoms with E-state index in [1.807, 2.05) is 35.6 Å². The Balaban J connectivity index is 1.67. The van der Waals surface area contributed by atoms with Gasteiger partial charge in [-0.05, 0) is 19.1 Å². The number of nitrogens with zero attached hydrogens (tertiary/aromatic N) is 3. The molecule has 0 bridgehead atoms. The summed E-state index contributed by atoms with van der Waals surface area (Å²) in [4.78, 5) is 28.5. The smallest absolute Gasteiger partial charge is 0.270 e. The fraction of sp³-hybridized carbons (Fsp3) is 0.625. The number of carbonyl (C=O) groups is 2. The molecule has 3 heterocycles. The number of rotatable bonds is 3. The predicted molar refractivity (Wildman–Crippen MR) is 85.0 cm³/mol. The van der Waals surface area contributed by atoms with Crippen LogP contribution in [0.5, 0.6) is 0 Å². The highest BCUT2D eigenvalue weighted by Gasteiger charge is 2.47. The molecule has 0 saturated carbocycles. The van der Waals surface area contributed by atoms with E-state index in [-0.39, 0.29) is 11.8 Å². The second kappa shape index (κ2) is 5.98. The minimum atomic E-state index is -0.698.